The smallest absolute Gasteiger partial charge is 0.0587 e. The van der Waals surface area contributed by atoms with E-state index in [9.17, 15) is 5.11 Å². The molecule has 1 saturated heterocycles. The lowest BCUT2D eigenvalue weighted by molar-refractivity contribution is 0.143. The first kappa shape index (κ1) is 16.5. The van der Waals surface area contributed by atoms with Gasteiger partial charge in [-0.05, 0) is 50.8 Å². The highest BCUT2D eigenvalue weighted by Crippen LogP contribution is 2.20. The Morgan fingerprint density at radius 3 is 2.76 bits per heavy atom. The van der Waals surface area contributed by atoms with Crippen LogP contribution in [-0.4, -0.2) is 48.3 Å². The summed E-state index contributed by atoms with van der Waals surface area (Å²) in [5.74, 6) is 0.698. The number of aliphatic hydroxyl groups is 1. The van der Waals surface area contributed by atoms with Crippen molar-refractivity contribution in [3.63, 3.8) is 0 Å². The predicted molar refractivity (Wildman–Crippen MR) is 88.5 cm³/mol. The number of rotatable bonds is 7. The number of likely N-dealkylation sites (tertiary alicyclic amines) is 1. The molecule has 0 radical (unpaired) electrons. The van der Waals surface area contributed by atoms with Gasteiger partial charge >= 0.3 is 0 Å². The third kappa shape index (κ3) is 5.10. The quantitative estimate of drug-likeness (QED) is 0.809. The SMILES string of the molecule is CCN1CCCC(C(C)N[C@H](CO)Cc2ccccc2)C1. The first-order valence-electron chi connectivity index (χ1n) is 8.36. The fourth-order valence-electron chi connectivity index (χ4n) is 3.37. The number of nitrogens with zero attached hydrogens (tertiary/aromatic N) is 1. The Morgan fingerprint density at radius 2 is 2.10 bits per heavy atom. The van der Waals surface area contributed by atoms with Gasteiger partial charge in [-0.25, -0.2) is 0 Å². The average Bonchev–Trinajstić information content (AvgIpc) is 2.55. The van der Waals surface area contributed by atoms with Crippen LogP contribution in [0.3, 0.4) is 0 Å². The highest BCUT2D eigenvalue weighted by molar-refractivity contribution is 5.16. The molecule has 0 spiro atoms. The average molecular weight is 290 g/mol. The van der Waals surface area contributed by atoms with Crippen LogP contribution in [0.4, 0.5) is 0 Å². The molecule has 2 N–H and O–H groups in total. The molecule has 3 heteroatoms. The number of hydrogen-bond acceptors (Lipinski definition) is 3. The summed E-state index contributed by atoms with van der Waals surface area (Å²) in [7, 11) is 0. The van der Waals surface area contributed by atoms with E-state index in [1.165, 1.54) is 31.5 Å². The molecule has 1 aliphatic heterocycles. The Morgan fingerprint density at radius 1 is 1.33 bits per heavy atom. The van der Waals surface area contributed by atoms with Crippen LogP contribution < -0.4 is 5.32 Å². The Bertz CT molecular complexity index is 395. The minimum absolute atomic E-state index is 0.152. The van der Waals surface area contributed by atoms with Crippen molar-refractivity contribution in [2.24, 2.45) is 5.92 Å². The Kier molecular flexibility index (Phi) is 6.68. The topological polar surface area (TPSA) is 35.5 Å². The van der Waals surface area contributed by atoms with Crippen LogP contribution in [0.2, 0.25) is 0 Å². The van der Waals surface area contributed by atoms with Crippen molar-refractivity contribution in [3.05, 3.63) is 35.9 Å². The molecule has 0 amide bonds. The van der Waals surface area contributed by atoms with Crippen molar-refractivity contribution in [2.45, 2.75) is 45.2 Å². The molecule has 0 aliphatic carbocycles. The third-order valence-electron chi connectivity index (χ3n) is 4.74. The van der Waals surface area contributed by atoms with E-state index in [1.54, 1.807) is 0 Å². The largest absolute Gasteiger partial charge is 0.395 e. The first-order valence-corrected chi connectivity index (χ1v) is 8.36. The van der Waals surface area contributed by atoms with Gasteiger partial charge in [-0.3, -0.25) is 0 Å². The van der Waals surface area contributed by atoms with E-state index in [4.69, 9.17) is 0 Å². The lowest BCUT2D eigenvalue weighted by Gasteiger charge is -2.36. The molecule has 2 rings (SSSR count). The Balaban J connectivity index is 1.85. The molecular formula is C18H30N2O. The Hall–Kier alpha value is -0.900. The van der Waals surface area contributed by atoms with Crippen LogP contribution in [0.15, 0.2) is 30.3 Å². The van der Waals surface area contributed by atoms with Crippen LogP contribution in [0.25, 0.3) is 0 Å². The molecular weight excluding hydrogens is 260 g/mol. The van der Waals surface area contributed by atoms with Gasteiger partial charge in [0.2, 0.25) is 0 Å². The lowest BCUT2D eigenvalue weighted by atomic mass is 9.90. The van der Waals surface area contributed by atoms with Crippen molar-refractivity contribution in [1.29, 1.82) is 0 Å². The second-order valence-electron chi connectivity index (χ2n) is 6.32. The van der Waals surface area contributed by atoms with E-state index in [1.807, 2.05) is 6.07 Å². The van der Waals surface area contributed by atoms with Gasteiger partial charge in [0, 0.05) is 18.6 Å². The highest BCUT2D eigenvalue weighted by atomic mass is 16.3. The van der Waals surface area contributed by atoms with Crippen LogP contribution in [0.5, 0.6) is 0 Å². The zero-order valence-electron chi connectivity index (χ0n) is 13.5. The highest BCUT2D eigenvalue weighted by Gasteiger charge is 2.25. The van der Waals surface area contributed by atoms with Crippen molar-refractivity contribution >= 4 is 0 Å². The molecule has 3 atom stereocenters. The van der Waals surface area contributed by atoms with Crippen molar-refractivity contribution in [3.8, 4) is 0 Å². The zero-order chi connectivity index (χ0) is 15.1. The number of nitrogens with one attached hydrogen (secondary N) is 1. The minimum atomic E-state index is 0.152. The van der Waals surface area contributed by atoms with Gasteiger partial charge in [0.05, 0.1) is 6.61 Å². The molecule has 1 aliphatic rings. The molecule has 1 aromatic carbocycles. The van der Waals surface area contributed by atoms with Gasteiger partial charge in [0.15, 0.2) is 0 Å². The summed E-state index contributed by atoms with van der Waals surface area (Å²) in [5.41, 5.74) is 1.29. The minimum Gasteiger partial charge on any atom is -0.395 e. The maximum absolute atomic E-state index is 9.66. The maximum atomic E-state index is 9.66. The monoisotopic (exact) mass is 290 g/mol. The molecule has 0 bridgehead atoms. The summed E-state index contributed by atoms with van der Waals surface area (Å²) in [5, 5.41) is 13.3. The zero-order valence-corrected chi connectivity index (χ0v) is 13.5. The van der Waals surface area contributed by atoms with Crippen LogP contribution >= 0.6 is 0 Å². The number of benzene rings is 1. The van der Waals surface area contributed by atoms with E-state index in [2.05, 4.69) is 48.3 Å². The van der Waals surface area contributed by atoms with Gasteiger partial charge in [-0.1, -0.05) is 37.3 Å². The third-order valence-corrected chi connectivity index (χ3v) is 4.74. The molecule has 1 aromatic rings. The summed E-state index contributed by atoms with van der Waals surface area (Å²) in [6.07, 6.45) is 3.49. The van der Waals surface area contributed by atoms with Crippen molar-refractivity contribution in [1.82, 2.24) is 10.2 Å². The molecule has 3 nitrogen and oxygen atoms in total. The molecule has 1 fully saturated rings. The number of piperidine rings is 1. The van der Waals surface area contributed by atoms with Gasteiger partial charge in [0.25, 0.3) is 0 Å². The summed E-state index contributed by atoms with van der Waals surface area (Å²) in [4.78, 5) is 2.54. The van der Waals surface area contributed by atoms with Crippen molar-refractivity contribution < 1.29 is 5.11 Å². The molecule has 2 unspecified atom stereocenters. The molecule has 0 saturated carbocycles. The first-order chi connectivity index (χ1) is 10.2. The standard InChI is InChI=1S/C18H30N2O/c1-3-20-11-7-10-17(13-20)15(2)19-18(14-21)12-16-8-5-4-6-9-16/h4-6,8-9,15,17-19,21H,3,7,10-14H2,1-2H3/t15?,17?,18-/m0/s1. The van der Waals surface area contributed by atoms with Crippen LogP contribution in [0.1, 0.15) is 32.3 Å². The molecule has 21 heavy (non-hydrogen) atoms. The second-order valence-corrected chi connectivity index (χ2v) is 6.32. The van der Waals surface area contributed by atoms with E-state index in [-0.39, 0.29) is 12.6 Å². The summed E-state index contributed by atoms with van der Waals surface area (Å²) < 4.78 is 0. The van der Waals surface area contributed by atoms with Gasteiger partial charge in [-0.15, -0.1) is 0 Å². The normalized spacial score (nSPS) is 22.9. The summed E-state index contributed by atoms with van der Waals surface area (Å²) >= 11 is 0. The van der Waals surface area contributed by atoms with Gasteiger partial charge < -0.3 is 15.3 Å². The number of hydrogen-bond donors (Lipinski definition) is 2. The molecule has 0 aromatic heterocycles. The lowest BCUT2D eigenvalue weighted by Crippen LogP contribution is -2.49. The fourth-order valence-corrected chi connectivity index (χ4v) is 3.37. The number of aliphatic hydroxyl groups excluding tert-OH is 1. The van der Waals surface area contributed by atoms with Gasteiger partial charge in [0.1, 0.15) is 0 Å². The van der Waals surface area contributed by atoms with E-state index >= 15 is 0 Å². The maximum Gasteiger partial charge on any atom is 0.0587 e. The van der Waals surface area contributed by atoms with E-state index < -0.39 is 0 Å². The summed E-state index contributed by atoms with van der Waals surface area (Å²) in [6, 6.07) is 11.0. The van der Waals surface area contributed by atoms with Crippen LogP contribution in [0, 0.1) is 5.92 Å². The van der Waals surface area contributed by atoms with E-state index in [0.717, 1.165) is 13.0 Å². The molecule has 1 heterocycles. The van der Waals surface area contributed by atoms with Gasteiger partial charge in [-0.2, -0.15) is 0 Å². The van der Waals surface area contributed by atoms with Crippen molar-refractivity contribution in [2.75, 3.05) is 26.2 Å². The molecule has 118 valence electrons. The fraction of sp³-hybridized carbons (Fsp3) is 0.667. The second kappa shape index (κ2) is 8.52. The van der Waals surface area contributed by atoms with Crippen LogP contribution in [-0.2, 0) is 6.42 Å². The predicted octanol–water partition coefficient (Wildman–Crippen LogP) is 2.30. The summed E-state index contributed by atoms with van der Waals surface area (Å²) in [6.45, 7) is 8.30. The van der Waals surface area contributed by atoms with E-state index in [0.29, 0.717) is 12.0 Å². The Labute approximate surface area is 129 Å².